The maximum Gasteiger partial charge on any atom is 0.282 e. The highest BCUT2D eigenvalue weighted by atomic mass is 16.5. The smallest absolute Gasteiger partial charge is 0.282 e. The van der Waals surface area contributed by atoms with Crippen LogP contribution < -0.4 is 15.2 Å². The van der Waals surface area contributed by atoms with Gasteiger partial charge in [-0.25, -0.2) is 0 Å². The summed E-state index contributed by atoms with van der Waals surface area (Å²) in [5.41, 5.74) is 9.16. The minimum absolute atomic E-state index is 0.189. The van der Waals surface area contributed by atoms with Crippen molar-refractivity contribution < 1.29 is 14.0 Å². The van der Waals surface area contributed by atoms with Gasteiger partial charge in [0.2, 0.25) is 5.82 Å². The molecule has 2 heterocycles. The van der Waals surface area contributed by atoms with Gasteiger partial charge in [-0.2, -0.15) is 9.67 Å². The van der Waals surface area contributed by atoms with E-state index in [9.17, 15) is 0 Å². The summed E-state index contributed by atoms with van der Waals surface area (Å²) in [6.45, 7) is 2.01. The summed E-state index contributed by atoms with van der Waals surface area (Å²) in [6.07, 6.45) is 0. The van der Waals surface area contributed by atoms with E-state index in [0.717, 1.165) is 11.1 Å². The lowest BCUT2D eigenvalue weighted by atomic mass is 10.1. The number of hydrogen-bond donors (Lipinski definition) is 1. The molecule has 0 spiro atoms. The van der Waals surface area contributed by atoms with Gasteiger partial charge in [0.25, 0.3) is 5.89 Å². The zero-order chi connectivity index (χ0) is 19.7. The molecule has 0 amide bonds. The summed E-state index contributed by atoms with van der Waals surface area (Å²) in [7, 11) is 3.14. The number of nitrogens with two attached hydrogens (primary N) is 1. The number of anilines is 1. The van der Waals surface area contributed by atoms with Gasteiger partial charge in [0.15, 0.2) is 11.5 Å². The SMILES string of the molecule is COc1cc(OC)cc(-n2nnc(-c3nc(-c4ccc(C)cc4)no3)c2N)c1. The van der Waals surface area contributed by atoms with Gasteiger partial charge < -0.3 is 19.7 Å². The lowest BCUT2D eigenvalue weighted by Gasteiger charge is -2.08. The molecule has 0 saturated heterocycles. The standard InChI is InChI=1S/C19H18N6O3/c1-11-4-6-12(7-5-11)18-21-19(28-23-18)16-17(20)25(24-22-16)13-8-14(26-2)10-15(9-13)27-3/h4-10H,20H2,1-3H3. The molecule has 2 N–H and O–H groups in total. The Morgan fingerprint density at radius 2 is 1.68 bits per heavy atom. The first-order chi connectivity index (χ1) is 13.6. The van der Waals surface area contributed by atoms with Crippen molar-refractivity contribution in [1.29, 1.82) is 0 Å². The molecule has 0 aliphatic heterocycles. The summed E-state index contributed by atoms with van der Waals surface area (Å²) in [4.78, 5) is 4.39. The molecule has 4 aromatic rings. The van der Waals surface area contributed by atoms with Crippen molar-refractivity contribution in [2.45, 2.75) is 6.92 Å². The van der Waals surface area contributed by atoms with Gasteiger partial charge in [-0.1, -0.05) is 40.2 Å². The second-order valence-electron chi connectivity index (χ2n) is 6.10. The van der Waals surface area contributed by atoms with Crippen molar-refractivity contribution in [2.24, 2.45) is 0 Å². The Bertz CT molecular complexity index is 1090. The van der Waals surface area contributed by atoms with Crippen LogP contribution in [0.3, 0.4) is 0 Å². The highest BCUT2D eigenvalue weighted by molar-refractivity contribution is 5.66. The third-order valence-corrected chi connectivity index (χ3v) is 4.22. The highest BCUT2D eigenvalue weighted by Crippen LogP contribution is 2.30. The van der Waals surface area contributed by atoms with E-state index < -0.39 is 0 Å². The molecule has 9 nitrogen and oxygen atoms in total. The number of benzene rings is 2. The van der Waals surface area contributed by atoms with E-state index in [2.05, 4.69) is 20.5 Å². The predicted octanol–water partition coefficient (Wildman–Crippen LogP) is 2.89. The van der Waals surface area contributed by atoms with Crippen LogP contribution in [-0.4, -0.2) is 39.4 Å². The molecule has 9 heteroatoms. The highest BCUT2D eigenvalue weighted by Gasteiger charge is 2.20. The summed E-state index contributed by atoms with van der Waals surface area (Å²) < 4.78 is 17.4. The molecule has 142 valence electrons. The predicted molar refractivity (Wildman–Crippen MR) is 102 cm³/mol. The number of rotatable bonds is 5. The van der Waals surface area contributed by atoms with Gasteiger partial charge in [0.1, 0.15) is 11.5 Å². The van der Waals surface area contributed by atoms with Crippen LogP contribution in [0.15, 0.2) is 47.0 Å². The van der Waals surface area contributed by atoms with E-state index in [1.807, 2.05) is 31.2 Å². The second kappa shape index (κ2) is 7.03. The molecule has 0 fully saturated rings. The fourth-order valence-electron chi connectivity index (χ4n) is 2.69. The first-order valence-corrected chi connectivity index (χ1v) is 8.45. The van der Waals surface area contributed by atoms with E-state index in [1.54, 1.807) is 32.4 Å². The first-order valence-electron chi connectivity index (χ1n) is 8.45. The van der Waals surface area contributed by atoms with E-state index in [1.165, 1.54) is 4.68 Å². The van der Waals surface area contributed by atoms with Gasteiger partial charge in [-0.15, -0.1) is 5.10 Å². The molecular formula is C19H18N6O3. The normalized spacial score (nSPS) is 10.8. The first kappa shape index (κ1) is 17.5. The molecule has 0 aliphatic rings. The third-order valence-electron chi connectivity index (χ3n) is 4.22. The van der Waals surface area contributed by atoms with Crippen LogP contribution in [0.5, 0.6) is 11.5 Å². The summed E-state index contributed by atoms with van der Waals surface area (Å²) >= 11 is 0. The van der Waals surface area contributed by atoms with Gasteiger partial charge in [0, 0.05) is 23.8 Å². The Labute approximate surface area is 160 Å². The van der Waals surface area contributed by atoms with Gasteiger partial charge >= 0.3 is 0 Å². The van der Waals surface area contributed by atoms with Crippen molar-refractivity contribution in [1.82, 2.24) is 25.1 Å². The fourth-order valence-corrected chi connectivity index (χ4v) is 2.69. The molecule has 0 unspecified atom stereocenters. The van der Waals surface area contributed by atoms with Crippen LogP contribution in [0, 0.1) is 6.92 Å². The molecule has 0 aliphatic carbocycles. The van der Waals surface area contributed by atoms with Crippen LogP contribution in [0.1, 0.15) is 5.56 Å². The Kier molecular flexibility index (Phi) is 4.40. The van der Waals surface area contributed by atoms with Gasteiger partial charge in [-0.05, 0) is 6.92 Å². The maximum atomic E-state index is 6.25. The van der Waals surface area contributed by atoms with Crippen LogP contribution in [0.2, 0.25) is 0 Å². The molecule has 2 aromatic carbocycles. The molecule has 0 bridgehead atoms. The fraction of sp³-hybridized carbons (Fsp3) is 0.158. The van der Waals surface area contributed by atoms with Crippen molar-refractivity contribution in [3.8, 4) is 40.2 Å². The Hall–Kier alpha value is -3.88. The van der Waals surface area contributed by atoms with Gasteiger partial charge in [0.05, 0.1) is 19.9 Å². The number of nitrogens with zero attached hydrogens (tertiary/aromatic N) is 5. The third kappa shape index (κ3) is 3.13. The summed E-state index contributed by atoms with van der Waals surface area (Å²) in [5.74, 6) is 2.10. The minimum Gasteiger partial charge on any atom is -0.497 e. The van der Waals surface area contributed by atoms with E-state index in [-0.39, 0.29) is 11.7 Å². The number of methoxy groups -OCH3 is 2. The molecule has 4 rings (SSSR count). The van der Waals surface area contributed by atoms with E-state index in [4.69, 9.17) is 19.7 Å². The van der Waals surface area contributed by atoms with Crippen molar-refractivity contribution in [3.63, 3.8) is 0 Å². The molecule has 28 heavy (non-hydrogen) atoms. The monoisotopic (exact) mass is 378 g/mol. The molecule has 0 atom stereocenters. The van der Waals surface area contributed by atoms with E-state index >= 15 is 0 Å². The molecule has 0 radical (unpaired) electrons. The Morgan fingerprint density at radius 1 is 1.00 bits per heavy atom. The summed E-state index contributed by atoms with van der Waals surface area (Å²) in [5, 5.41) is 12.2. The topological polar surface area (TPSA) is 114 Å². The zero-order valence-corrected chi connectivity index (χ0v) is 15.6. The lowest BCUT2D eigenvalue weighted by molar-refractivity contribution is 0.394. The molecular weight excluding hydrogens is 360 g/mol. The maximum absolute atomic E-state index is 6.25. The average Bonchev–Trinajstić information content (AvgIpc) is 3.34. The second-order valence-corrected chi connectivity index (χ2v) is 6.10. The number of aromatic nitrogens is 5. The van der Waals surface area contributed by atoms with Crippen LogP contribution in [0.4, 0.5) is 5.82 Å². The molecule has 2 aromatic heterocycles. The van der Waals surface area contributed by atoms with Crippen molar-refractivity contribution >= 4 is 5.82 Å². The van der Waals surface area contributed by atoms with Crippen LogP contribution in [-0.2, 0) is 0 Å². The number of aryl methyl sites for hydroxylation is 1. The summed E-state index contributed by atoms with van der Waals surface area (Å²) in [6, 6.07) is 13.1. The van der Waals surface area contributed by atoms with E-state index in [0.29, 0.717) is 28.7 Å². The van der Waals surface area contributed by atoms with Crippen LogP contribution >= 0.6 is 0 Å². The average molecular weight is 378 g/mol. The van der Waals surface area contributed by atoms with Gasteiger partial charge in [-0.3, -0.25) is 0 Å². The number of nitrogen functional groups attached to an aromatic ring is 1. The lowest BCUT2D eigenvalue weighted by Crippen LogP contribution is -2.03. The zero-order valence-electron chi connectivity index (χ0n) is 15.6. The molecule has 0 saturated carbocycles. The van der Waals surface area contributed by atoms with Crippen molar-refractivity contribution in [2.75, 3.05) is 20.0 Å². The number of hydrogen-bond acceptors (Lipinski definition) is 8. The largest absolute Gasteiger partial charge is 0.497 e. The Balaban J connectivity index is 1.71. The minimum atomic E-state index is 0.189. The number of ether oxygens (including phenoxy) is 2. The quantitative estimate of drug-likeness (QED) is 0.564. The Morgan fingerprint density at radius 3 is 2.32 bits per heavy atom. The van der Waals surface area contributed by atoms with Crippen LogP contribution in [0.25, 0.3) is 28.7 Å². The van der Waals surface area contributed by atoms with Crippen molar-refractivity contribution in [3.05, 3.63) is 48.0 Å².